The van der Waals surface area contributed by atoms with Gasteiger partial charge in [0.05, 0.1) is 24.3 Å². The lowest BCUT2D eigenvalue weighted by molar-refractivity contribution is -0.142. The molecule has 106 valence electrons. The molecule has 3 N–H and O–H groups in total. The molecule has 0 atom stereocenters. The minimum atomic E-state index is -0.477. The highest BCUT2D eigenvalue weighted by Gasteiger charge is 2.13. The van der Waals surface area contributed by atoms with E-state index in [0.717, 1.165) is 12.2 Å². The normalized spacial score (nSPS) is 10.4. The van der Waals surface area contributed by atoms with Crippen molar-refractivity contribution in [1.29, 1.82) is 0 Å². The fraction of sp³-hybridized carbons (Fsp3) is 0.583. The van der Waals surface area contributed by atoms with Gasteiger partial charge in [-0.25, -0.2) is 4.98 Å². The minimum absolute atomic E-state index is 0.101. The number of nitrogens with two attached hydrogens (primary N) is 1. The van der Waals surface area contributed by atoms with Crippen molar-refractivity contribution in [1.82, 2.24) is 9.97 Å². The molecule has 1 rings (SSSR count). The molecule has 0 aliphatic carbocycles. The van der Waals surface area contributed by atoms with Gasteiger partial charge in [0.1, 0.15) is 11.6 Å². The predicted octanol–water partition coefficient (Wildman–Crippen LogP) is 1.10. The molecule has 0 unspecified atom stereocenters. The number of thioether (sulfide) groups is 1. The van der Waals surface area contributed by atoms with Crippen LogP contribution in [0.15, 0.2) is 4.79 Å². The SMILES string of the molecule is CCCSCc1nc(N)c(CC(=O)OCC)c(=O)[nH]1. The van der Waals surface area contributed by atoms with E-state index in [9.17, 15) is 9.59 Å². The number of H-pyrrole nitrogens is 1. The first kappa shape index (κ1) is 15.6. The molecular formula is C12H19N3O3S. The van der Waals surface area contributed by atoms with Crippen LogP contribution in [-0.2, 0) is 21.7 Å². The molecule has 0 amide bonds. The monoisotopic (exact) mass is 285 g/mol. The van der Waals surface area contributed by atoms with Crippen LogP contribution in [0.4, 0.5) is 5.82 Å². The molecule has 0 bridgehead atoms. The summed E-state index contributed by atoms with van der Waals surface area (Å²) in [5, 5.41) is 0. The first-order valence-corrected chi connectivity index (χ1v) is 7.34. The number of hydrogen-bond acceptors (Lipinski definition) is 6. The lowest BCUT2D eigenvalue weighted by Crippen LogP contribution is -2.23. The molecule has 0 saturated carbocycles. The van der Waals surface area contributed by atoms with Gasteiger partial charge in [-0.15, -0.1) is 0 Å². The van der Waals surface area contributed by atoms with Gasteiger partial charge in [0.15, 0.2) is 0 Å². The van der Waals surface area contributed by atoms with E-state index in [-0.39, 0.29) is 30.0 Å². The Morgan fingerprint density at radius 3 is 2.79 bits per heavy atom. The molecular weight excluding hydrogens is 266 g/mol. The predicted molar refractivity (Wildman–Crippen MR) is 76.1 cm³/mol. The van der Waals surface area contributed by atoms with Crippen LogP contribution in [0.5, 0.6) is 0 Å². The largest absolute Gasteiger partial charge is 0.466 e. The van der Waals surface area contributed by atoms with Crippen LogP contribution in [0.1, 0.15) is 31.7 Å². The fourth-order valence-corrected chi connectivity index (χ4v) is 2.24. The maximum Gasteiger partial charge on any atom is 0.310 e. The summed E-state index contributed by atoms with van der Waals surface area (Å²) in [5.74, 6) is 1.76. The topological polar surface area (TPSA) is 98.1 Å². The maximum absolute atomic E-state index is 11.8. The number of nitrogens with zero attached hydrogens (tertiary/aromatic N) is 1. The van der Waals surface area contributed by atoms with Gasteiger partial charge < -0.3 is 15.5 Å². The average Bonchev–Trinajstić information content (AvgIpc) is 2.34. The lowest BCUT2D eigenvalue weighted by Gasteiger charge is -2.06. The number of nitrogens with one attached hydrogen (secondary N) is 1. The van der Waals surface area contributed by atoms with Crippen molar-refractivity contribution in [3.8, 4) is 0 Å². The highest BCUT2D eigenvalue weighted by molar-refractivity contribution is 7.98. The zero-order valence-corrected chi connectivity index (χ0v) is 12.0. The van der Waals surface area contributed by atoms with Crippen molar-refractivity contribution in [3.63, 3.8) is 0 Å². The number of aromatic amines is 1. The summed E-state index contributed by atoms with van der Waals surface area (Å²) >= 11 is 1.67. The fourth-order valence-electron chi connectivity index (χ4n) is 1.47. The Morgan fingerprint density at radius 1 is 1.47 bits per heavy atom. The van der Waals surface area contributed by atoms with Gasteiger partial charge in [-0.05, 0) is 19.1 Å². The molecule has 0 saturated heterocycles. The second-order valence-corrected chi connectivity index (χ2v) is 5.02. The standard InChI is InChI=1S/C12H19N3O3S/c1-3-5-19-7-9-14-11(13)8(12(17)15-9)6-10(16)18-4-2/h3-7H2,1-2H3,(H3,13,14,15,17). The molecule has 0 aliphatic heterocycles. The first-order valence-electron chi connectivity index (χ1n) is 6.19. The van der Waals surface area contributed by atoms with E-state index >= 15 is 0 Å². The highest BCUT2D eigenvalue weighted by atomic mass is 32.2. The number of anilines is 1. The number of carbonyl (C=O) groups excluding carboxylic acids is 1. The van der Waals surface area contributed by atoms with Gasteiger partial charge in [0.2, 0.25) is 0 Å². The quantitative estimate of drug-likeness (QED) is 0.575. The molecule has 1 heterocycles. The van der Waals surface area contributed by atoms with Crippen molar-refractivity contribution in [2.24, 2.45) is 0 Å². The number of rotatable bonds is 7. The number of carbonyl (C=O) groups is 1. The van der Waals surface area contributed by atoms with Gasteiger partial charge in [-0.3, -0.25) is 9.59 Å². The Hall–Kier alpha value is -1.50. The van der Waals surface area contributed by atoms with Gasteiger partial charge >= 0.3 is 5.97 Å². The number of hydrogen-bond donors (Lipinski definition) is 2. The average molecular weight is 285 g/mol. The number of nitrogen functional groups attached to an aromatic ring is 1. The van der Waals surface area contributed by atoms with Crippen molar-refractivity contribution in [2.75, 3.05) is 18.1 Å². The smallest absolute Gasteiger partial charge is 0.310 e. The molecule has 1 aromatic heterocycles. The van der Waals surface area contributed by atoms with Crippen LogP contribution < -0.4 is 11.3 Å². The molecule has 0 aliphatic rings. The lowest BCUT2D eigenvalue weighted by atomic mass is 10.2. The Bertz CT molecular complexity index is 488. The summed E-state index contributed by atoms with van der Waals surface area (Å²) in [4.78, 5) is 30.0. The van der Waals surface area contributed by atoms with E-state index in [2.05, 4.69) is 16.9 Å². The first-order chi connectivity index (χ1) is 9.08. The van der Waals surface area contributed by atoms with E-state index in [1.165, 1.54) is 0 Å². The molecule has 6 nitrogen and oxygen atoms in total. The Morgan fingerprint density at radius 2 is 2.21 bits per heavy atom. The summed E-state index contributed by atoms with van der Waals surface area (Å²) in [7, 11) is 0. The summed E-state index contributed by atoms with van der Waals surface area (Å²) in [6.45, 7) is 4.06. The number of esters is 1. The maximum atomic E-state index is 11.8. The van der Waals surface area contributed by atoms with Crippen molar-refractivity contribution in [3.05, 3.63) is 21.7 Å². The van der Waals surface area contributed by atoms with Crippen LogP contribution >= 0.6 is 11.8 Å². The molecule has 0 radical (unpaired) electrons. The highest BCUT2D eigenvalue weighted by Crippen LogP contribution is 2.11. The minimum Gasteiger partial charge on any atom is -0.466 e. The molecule has 1 aromatic rings. The summed E-state index contributed by atoms with van der Waals surface area (Å²) in [6.07, 6.45) is 0.912. The third kappa shape index (κ3) is 4.94. The van der Waals surface area contributed by atoms with Crippen molar-refractivity contribution in [2.45, 2.75) is 32.4 Å². The van der Waals surface area contributed by atoms with Gasteiger partial charge in [-0.2, -0.15) is 11.8 Å². The van der Waals surface area contributed by atoms with Crippen molar-refractivity contribution >= 4 is 23.5 Å². The van der Waals surface area contributed by atoms with Gasteiger partial charge in [0, 0.05) is 0 Å². The third-order valence-electron chi connectivity index (χ3n) is 2.31. The summed E-state index contributed by atoms with van der Waals surface area (Å²) < 4.78 is 4.79. The van der Waals surface area contributed by atoms with Crippen LogP contribution in [0.3, 0.4) is 0 Å². The molecule has 0 spiro atoms. The van der Waals surface area contributed by atoms with Crippen LogP contribution in [0.25, 0.3) is 0 Å². The van der Waals surface area contributed by atoms with E-state index in [4.69, 9.17) is 10.5 Å². The number of ether oxygens (including phenoxy) is 1. The molecule has 7 heteroatoms. The third-order valence-corrected chi connectivity index (χ3v) is 3.48. The van der Waals surface area contributed by atoms with Crippen LogP contribution in [0.2, 0.25) is 0 Å². The second kappa shape index (κ2) is 7.83. The van der Waals surface area contributed by atoms with E-state index in [1.54, 1.807) is 18.7 Å². The van der Waals surface area contributed by atoms with Crippen molar-refractivity contribution < 1.29 is 9.53 Å². The Labute approximate surface area is 116 Å². The van der Waals surface area contributed by atoms with Crippen LogP contribution in [-0.4, -0.2) is 28.3 Å². The van der Waals surface area contributed by atoms with E-state index in [0.29, 0.717) is 11.6 Å². The van der Waals surface area contributed by atoms with E-state index < -0.39 is 5.97 Å². The van der Waals surface area contributed by atoms with Gasteiger partial charge in [0.25, 0.3) is 5.56 Å². The second-order valence-electron chi connectivity index (χ2n) is 3.91. The molecule has 0 fully saturated rings. The molecule has 19 heavy (non-hydrogen) atoms. The Kier molecular flexibility index (Phi) is 6.41. The van der Waals surface area contributed by atoms with Crippen LogP contribution in [0, 0.1) is 0 Å². The zero-order chi connectivity index (χ0) is 14.3. The summed E-state index contributed by atoms with van der Waals surface area (Å²) in [6, 6.07) is 0. The van der Waals surface area contributed by atoms with Gasteiger partial charge in [-0.1, -0.05) is 6.92 Å². The number of aromatic nitrogens is 2. The zero-order valence-electron chi connectivity index (χ0n) is 11.2. The Balaban J connectivity index is 2.79. The molecule has 0 aromatic carbocycles. The summed E-state index contributed by atoms with van der Waals surface area (Å²) in [5.41, 5.74) is 5.52. The van der Waals surface area contributed by atoms with E-state index in [1.807, 2.05) is 0 Å².